The highest BCUT2D eigenvalue weighted by atomic mass is 19.1. The summed E-state index contributed by atoms with van der Waals surface area (Å²) in [5.74, 6) is -0.237. The minimum absolute atomic E-state index is 0.133. The molecule has 0 unspecified atom stereocenters. The van der Waals surface area contributed by atoms with Gasteiger partial charge in [-0.1, -0.05) is 0 Å². The molecule has 1 saturated carbocycles. The Morgan fingerprint density at radius 3 is 2.62 bits per heavy atom. The fraction of sp³-hybridized carbons (Fsp3) is 0.438. The van der Waals surface area contributed by atoms with Crippen LogP contribution in [0.15, 0.2) is 30.5 Å². The normalized spacial score (nSPS) is 22.4. The molecule has 3 rings (SSSR count). The van der Waals surface area contributed by atoms with Crippen molar-refractivity contribution in [1.82, 2.24) is 15.5 Å². The van der Waals surface area contributed by atoms with Gasteiger partial charge in [-0.05, 0) is 49.9 Å². The second-order valence-corrected chi connectivity index (χ2v) is 5.66. The molecule has 0 amide bonds. The van der Waals surface area contributed by atoms with Crippen molar-refractivity contribution < 1.29 is 9.50 Å². The van der Waals surface area contributed by atoms with Gasteiger partial charge in [0.2, 0.25) is 0 Å². The molecule has 1 fully saturated rings. The molecule has 0 aliphatic heterocycles. The maximum atomic E-state index is 13.0. The summed E-state index contributed by atoms with van der Waals surface area (Å²) in [6.45, 7) is 0.726. The summed E-state index contributed by atoms with van der Waals surface area (Å²) < 4.78 is 13.0. The fourth-order valence-electron chi connectivity index (χ4n) is 2.85. The van der Waals surface area contributed by atoms with E-state index in [1.807, 2.05) is 6.20 Å². The van der Waals surface area contributed by atoms with Gasteiger partial charge in [0.05, 0.1) is 18.0 Å². The molecule has 2 aromatic rings. The van der Waals surface area contributed by atoms with Crippen molar-refractivity contribution in [3.05, 3.63) is 41.8 Å². The van der Waals surface area contributed by atoms with Crippen LogP contribution in [0.4, 0.5) is 4.39 Å². The predicted molar refractivity (Wildman–Crippen MR) is 79.1 cm³/mol. The number of hydrogen-bond donors (Lipinski definition) is 3. The van der Waals surface area contributed by atoms with Crippen LogP contribution >= 0.6 is 0 Å². The highest BCUT2D eigenvalue weighted by Gasteiger charge is 2.19. The van der Waals surface area contributed by atoms with Crippen molar-refractivity contribution in [1.29, 1.82) is 0 Å². The van der Waals surface area contributed by atoms with Gasteiger partial charge in [0.15, 0.2) is 0 Å². The van der Waals surface area contributed by atoms with Gasteiger partial charge in [0, 0.05) is 23.7 Å². The fourth-order valence-corrected chi connectivity index (χ4v) is 2.85. The molecule has 21 heavy (non-hydrogen) atoms. The van der Waals surface area contributed by atoms with E-state index in [0.29, 0.717) is 6.04 Å². The minimum atomic E-state index is -0.237. The van der Waals surface area contributed by atoms with Gasteiger partial charge in [-0.2, -0.15) is 5.10 Å². The van der Waals surface area contributed by atoms with Crippen LogP contribution in [-0.2, 0) is 6.54 Å². The Balaban J connectivity index is 1.64. The van der Waals surface area contributed by atoms with Gasteiger partial charge >= 0.3 is 0 Å². The summed E-state index contributed by atoms with van der Waals surface area (Å²) in [6, 6.07) is 6.86. The average Bonchev–Trinajstić information content (AvgIpc) is 2.96. The Hall–Kier alpha value is -1.72. The summed E-state index contributed by atoms with van der Waals surface area (Å²) in [5, 5.41) is 20.1. The SMILES string of the molecule is OC1CCC(NCc2cn[nH]c2-c2ccc(F)cc2)CC1. The van der Waals surface area contributed by atoms with Crippen molar-refractivity contribution in [2.24, 2.45) is 0 Å². The first-order valence-corrected chi connectivity index (χ1v) is 7.42. The number of nitrogens with zero attached hydrogens (tertiary/aromatic N) is 1. The van der Waals surface area contributed by atoms with Crippen molar-refractivity contribution in [3.63, 3.8) is 0 Å². The second-order valence-electron chi connectivity index (χ2n) is 5.66. The monoisotopic (exact) mass is 289 g/mol. The standard InChI is InChI=1S/C16H20FN3O/c17-13-3-1-11(2-4-13)16-12(10-19-20-16)9-18-14-5-7-15(21)8-6-14/h1-4,10,14-15,18,21H,5-9H2,(H,19,20). The molecule has 0 spiro atoms. The van der Waals surface area contributed by atoms with E-state index >= 15 is 0 Å². The first kappa shape index (κ1) is 14.2. The third-order valence-electron chi connectivity index (χ3n) is 4.13. The Labute approximate surface area is 123 Å². The number of aliphatic hydroxyl groups is 1. The minimum Gasteiger partial charge on any atom is -0.393 e. The number of benzene rings is 1. The summed E-state index contributed by atoms with van der Waals surface area (Å²) in [6.07, 6.45) is 5.42. The van der Waals surface area contributed by atoms with Gasteiger partial charge in [-0.3, -0.25) is 5.10 Å². The number of rotatable bonds is 4. The molecule has 0 atom stereocenters. The van der Waals surface area contributed by atoms with Crippen LogP contribution in [-0.4, -0.2) is 27.4 Å². The molecule has 4 nitrogen and oxygen atoms in total. The molecule has 0 bridgehead atoms. The maximum Gasteiger partial charge on any atom is 0.123 e. The van der Waals surface area contributed by atoms with Crippen LogP contribution in [0.3, 0.4) is 0 Å². The zero-order chi connectivity index (χ0) is 14.7. The number of aromatic amines is 1. The van der Waals surface area contributed by atoms with Crippen LogP contribution in [0.25, 0.3) is 11.3 Å². The van der Waals surface area contributed by atoms with E-state index < -0.39 is 0 Å². The van der Waals surface area contributed by atoms with E-state index in [0.717, 1.165) is 49.0 Å². The molecule has 0 radical (unpaired) electrons. The lowest BCUT2D eigenvalue weighted by atomic mass is 9.93. The van der Waals surface area contributed by atoms with Crippen LogP contribution in [0.2, 0.25) is 0 Å². The molecular weight excluding hydrogens is 269 g/mol. The van der Waals surface area contributed by atoms with Gasteiger partial charge in [0.25, 0.3) is 0 Å². The van der Waals surface area contributed by atoms with Gasteiger partial charge in [-0.25, -0.2) is 4.39 Å². The average molecular weight is 289 g/mol. The molecular formula is C16H20FN3O. The summed E-state index contributed by atoms with van der Waals surface area (Å²) in [5.41, 5.74) is 2.94. The smallest absolute Gasteiger partial charge is 0.123 e. The van der Waals surface area contributed by atoms with E-state index in [1.165, 1.54) is 12.1 Å². The second kappa shape index (κ2) is 6.37. The van der Waals surface area contributed by atoms with Gasteiger partial charge < -0.3 is 10.4 Å². The predicted octanol–water partition coefficient (Wildman–Crippen LogP) is 2.61. The highest BCUT2D eigenvalue weighted by Crippen LogP contribution is 2.23. The van der Waals surface area contributed by atoms with Crippen LogP contribution < -0.4 is 5.32 Å². The van der Waals surface area contributed by atoms with E-state index in [4.69, 9.17) is 0 Å². The first-order valence-electron chi connectivity index (χ1n) is 7.42. The van der Waals surface area contributed by atoms with Crippen LogP contribution in [0, 0.1) is 5.82 Å². The molecule has 1 aromatic carbocycles. The molecule has 3 N–H and O–H groups in total. The largest absolute Gasteiger partial charge is 0.393 e. The third-order valence-corrected chi connectivity index (χ3v) is 4.13. The number of hydrogen-bond acceptors (Lipinski definition) is 3. The molecule has 1 aliphatic rings. The third kappa shape index (κ3) is 3.49. The topological polar surface area (TPSA) is 60.9 Å². The van der Waals surface area contributed by atoms with Gasteiger partial charge in [0.1, 0.15) is 5.82 Å². The number of H-pyrrole nitrogens is 1. The number of nitrogens with one attached hydrogen (secondary N) is 2. The quantitative estimate of drug-likeness (QED) is 0.811. The molecule has 1 aliphatic carbocycles. The maximum absolute atomic E-state index is 13.0. The zero-order valence-corrected chi connectivity index (χ0v) is 11.8. The molecule has 0 saturated heterocycles. The number of halogens is 1. The van der Waals surface area contributed by atoms with Crippen LogP contribution in [0.5, 0.6) is 0 Å². The first-order chi connectivity index (χ1) is 10.2. The van der Waals surface area contributed by atoms with Crippen molar-refractivity contribution in [3.8, 4) is 11.3 Å². The van der Waals surface area contributed by atoms with E-state index in [1.54, 1.807) is 12.1 Å². The lowest BCUT2D eigenvalue weighted by Gasteiger charge is -2.26. The lowest BCUT2D eigenvalue weighted by molar-refractivity contribution is 0.116. The Bertz CT molecular complexity index is 573. The molecule has 1 aromatic heterocycles. The summed E-state index contributed by atoms with van der Waals surface area (Å²) in [7, 11) is 0. The summed E-state index contributed by atoms with van der Waals surface area (Å²) >= 11 is 0. The Morgan fingerprint density at radius 1 is 1.19 bits per heavy atom. The van der Waals surface area contributed by atoms with Crippen molar-refractivity contribution >= 4 is 0 Å². The van der Waals surface area contributed by atoms with E-state index in [9.17, 15) is 9.50 Å². The lowest BCUT2D eigenvalue weighted by Crippen LogP contribution is -2.34. The van der Waals surface area contributed by atoms with E-state index in [-0.39, 0.29) is 11.9 Å². The van der Waals surface area contributed by atoms with Gasteiger partial charge in [-0.15, -0.1) is 0 Å². The number of aromatic nitrogens is 2. The zero-order valence-electron chi connectivity index (χ0n) is 11.8. The molecule has 1 heterocycles. The van der Waals surface area contributed by atoms with E-state index in [2.05, 4.69) is 15.5 Å². The Morgan fingerprint density at radius 2 is 1.90 bits per heavy atom. The Kier molecular flexibility index (Phi) is 4.31. The number of aliphatic hydroxyl groups excluding tert-OH is 1. The highest BCUT2D eigenvalue weighted by molar-refractivity contribution is 5.62. The van der Waals surface area contributed by atoms with Crippen molar-refractivity contribution in [2.75, 3.05) is 0 Å². The molecule has 5 heteroatoms. The molecule has 112 valence electrons. The van der Waals surface area contributed by atoms with Crippen LogP contribution in [0.1, 0.15) is 31.2 Å². The summed E-state index contributed by atoms with van der Waals surface area (Å²) in [4.78, 5) is 0. The van der Waals surface area contributed by atoms with Crippen molar-refractivity contribution in [2.45, 2.75) is 44.4 Å².